The molecule has 0 amide bonds. The number of aldehydes is 1. The highest BCUT2D eigenvalue weighted by Gasteiger charge is 2.83. The molecule has 0 radical (unpaired) electrons. The van der Waals surface area contributed by atoms with Crippen LogP contribution in [-0.2, 0) is 9.59 Å². The summed E-state index contributed by atoms with van der Waals surface area (Å²) in [5.41, 5.74) is -0.895. The summed E-state index contributed by atoms with van der Waals surface area (Å²) in [5.74, 6) is 3.08. The van der Waals surface area contributed by atoms with Gasteiger partial charge in [0.15, 0.2) is 0 Å². The fourth-order valence-corrected chi connectivity index (χ4v) is 9.98. The summed E-state index contributed by atoms with van der Waals surface area (Å²) in [7, 11) is 0. The van der Waals surface area contributed by atoms with E-state index < -0.39 is 16.8 Å². The first-order valence-corrected chi connectivity index (χ1v) is 13.5. The van der Waals surface area contributed by atoms with Crippen molar-refractivity contribution in [1.82, 2.24) is 0 Å². The average Bonchev–Trinajstić information content (AvgIpc) is 3.27. The number of rotatable bonds is 10. The first-order valence-electron chi connectivity index (χ1n) is 12.3. The van der Waals surface area contributed by atoms with Crippen LogP contribution >= 0.6 is 11.8 Å². The van der Waals surface area contributed by atoms with Crippen LogP contribution in [0.4, 0.5) is 0 Å². The Morgan fingerprint density at radius 3 is 2.67 bits per heavy atom. The number of carbonyl (C=O) groups is 2. The molecule has 168 valence electrons. The molecule has 4 bridgehead atoms. The lowest BCUT2D eigenvalue weighted by atomic mass is 9.43. The van der Waals surface area contributed by atoms with Gasteiger partial charge in [0.25, 0.3) is 0 Å². The third-order valence-corrected chi connectivity index (χ3v) is 10.9. The number of unbranched alkanes of at least 4 members (excludes halogenated alkanes) is 3. The first kappa shape index (κ1) is 22.4. The standard InChI is InChI=1S/C26H40O3S/c1-5-6-7-8-11-30-16-25-14-20-18(4)9-10-21(20)24(15-27)13-19(25)12-22(17(2)3)26(24,25)23(28)29/h12,15,17-21H,5-11,13-14,16H2,1-4H3,(H,28,29)/t18-,19+,20-,21-,24+,25+,26+/m0/s1. The maximum absolute atomic E-state index is 13.3. The molecule has 4 aliphatic carbocycles. The maximum Gasteiger partial charge on any atom is 0.315 e. The van der Waals surface area contributed by atoms with E-state index in [1.54, 1.807) is 0 Å². The Bertz CT molecular complexity index is 730. The molecule has 0 aromatic carbocycles. The monoisotopic (exact) mass is 432 g/mol. The Morgan fingerprint density at radius 1 is 1.27 bits per heavy atom. The van der Waals surface area contributed by atoms with Crippen molar-refractivity contribution in [2.24, 2.45) is 45.8 Å². The molecule has 0 heterocycles. The van der Waals surface area contributed by atoms with Crippen LogP contribution in [0.1, 0.15) is 79.1 Å². The van der Waals surface area contributed by atoms with E-state index >= 15 is 0 Å². The van der Waals surface area contributed by atoms with E-state index in [0.717, 1.165) is 49.0 Å². The highest BCUT2D eigenvalue weighted by Crippen LogP contribution is 2.83. The Morgan fingerprint density at radius 2 is 2.03 bits per heavy atom. The molecule has 0 aliphatic heterocycles. The van der Waals surface area contributed by atoms with Crippen molar-refractivity contribution in [3.63, 3.8) is 0 Å². The summed E-state index contributed by atoms with van der Waals surface area (Å²) in [5, 5.41) is 10.9. The molecule has 4 heteroatoms. The van der Waals surface area contributed by atoms with E-state index in [2.05, 4.69) is 33.8 Å². The Hall–Kier alpha value is -0.770. The molecular formula is C26H40O3S. The van der Waals surface area contributed by atoms with Gasteiger partial charge in [0, 0.05) is 11.2 Å². The number of thioether (sulfide) groups is 1. The number of hydrogen-bond donors (Lipinski definition) is 1. The number of fused-ring (bicyclic) bond motifs is 2. The zero-order valence-electron chi connectivity index (χ0n) is 19.3. The van der Waals surface area contributed by atoms with Crippen LogP contribution in [0.25, 0.3) is 0 Å². The highest BCUT2D eigenvalue weighted by molar-refractivity contribution is 7.99. The topological polar surface area (TPSA) is 54.4 Å². The van der Waals surface area contributed by atoms with Crippen molar-refractivity contribution in [3.8, 4) is 0 Å². The minimum atomic E-state index is -0.984. The van der Waals surface area contributed by atoms with E-state index in [4.69, 9.17) is 0 Å². The second-order valence-electron chi connectivity index (χ2n) is 11.1. The van der Waals surface area contributed by atoms with E-state index in [-0.39, 0.29) is 23.2 Å². The number of carbonyl (C=O) groups excluding carboxylic acids is 1. The molecule has 4 aliphatic rings. The second-order valence-corrected chi connectivity index (χ2v) is 12.2. The minimum Gasteiger partial charge on any atom is -0.481 e. The predicted octanol–water partition coefficient (Wildman–Crippen LogP) is 6.22. The van der Waals surface area contributed by atoms with Crippen molar-refractivity contribution >= 4 is 24.0 Å². The summed E-state index contributed by atoms with van der Waals surface area (Å²) in [6.07, 6.45) is 12.4. The fourth-order valence-electron chi connectivity index (χ4n) is 8.52. The summed E-state index contributed by atoms with van der Waals surface area (Å²) >= 11 is 1.97. The molecule has 0 spiro atoms. The van der Waals surface area contributed by atoms with Gasteiger partial charge in [-0.1, -0.05) is 65.0 Å². The number of allylic oxidation sites excluding steroid dienone is 1. The molecule has 30 heavy (non-hydrogen) atoms. The molecule has 1 N–H and O–H groups in total. The van der Waals surface area contributed by atoms with Gasteiger partial charge in [0.05, 0.1) is 5.41 Å². The zero-order chi connectivity index (χ0) is 21.7. The van der Waals surface area contributed by atoms with Gasteiger partial charge in [-0.05, 0) is 61.0 Å². The van der Waals surface area contributed by atoms with Gasteiger partial charge in [-0.2, -0.15) is 11.8 Å². The number of carboxylic acid groups (broad SMARTS) is 1. The van der Waals surface area contributed by atoms with Crippen LogP contribution in [0.2, 0.25) is 0 Å². The molecule has 0 aromatic heterocycles. The van der Waals surface area contributed by atoms with E-state index in [9.17, 15) is 14.7 Å². The van der Waals surface area contributed by atoms with Gasteiger partial charge in [-0.25, -0.2) is 0 Å². The van der Waals surface area contributed by atoms with Gasteiger partial charge in [-0.15, -0.1) is 0 Å². The molecular weight excluding hydrogens is 392 g/mol. The van der Waals surface area contributed by atoms with E-state index in [1.165, 1.54) is 25.7 Å². The Labute approximate surface area is 186 Å². The first-order chi connectivity index (χ1) is 14.3. The van der Waals surface area contributed by atoms with Crippen molar-refractivity contribution in [1.29, 1.82) is 0 Å². The van der Waals surface area contributed by atoms with E-state index in [1.807, 2.05) is 11.8 Å². The SMILES string of the molecule is CCCCCCSC[C@]12C[C@H]3[C@@H](C)CC[C@@H]3[C@]3(C=O)C[C@H]1C=C(C(C)C)[C@]23C(=O)O. The lowest BCUT2D eigenvalue weighted by molar-refractivity contribution is -0.177. The third-order valence-electron chi connectivity index (χ3n) is 9.62. The lowest BCUT2D eigenvalue weighted by Crippen LogP contribution is -2.63. The van der Waals surface area contributed by atoms with Gasteiger partial charge in [0.1, 0.15) is 11.7 Å². The van der Waals surface area contributed by atoms with E-state index in [0.29, 0.717) is 11.8 Å². The summed E-state index contributed by atoms with van der Waals surface area (Å²) in [6.45, 7) is 8.83. The predicted molar refractivity (Wildman–Crippen MR) is 123 cm³/mol. The average molecular weight is 433 g/mol. The van der Waals surface area contributed by atoms with Crippen LogP contribution in [0.5, 0.6) is 0 Å². The van der Waals surface area contributed by atoms with Gasteiger partial charge in [0.2, 0.25) is 0 Å². The normalized spacial score (nSPS) is 43.7. The van der Waals surface area contributed by atoms with Gasteiger partial charge < -0.3 is 9.90 Å². The molecule has 0 aromatic rings. The highest BCUT2D eigenvalue weighted by atomic mass is 32.2. The molecule has 7 atom stereocenters. The minimum absolute atomic E-state index is 0.176. The van der Waals surface area contributed by atoms with Crippen molar-refractivity contribution < 1.29 is 14.7 Å². The molecule has 4 rings (SSSR count). The number of aliphatic carboxylic acids is 1. The number of hydrogen-bond acceptors (Lipinski definition) is 3. The molecule has 3 saturated carbocycles. The summed E-state index contributed by atoms with van der Waals surface area (Å²) in [4.78, 5) is 26.3. The maximum atomic E-state index is 13.3. The lowest BCUT2D eigenvalue weighted by Gasteiger charge is -2.58. The van der Waals surface area contributed by atoms with Crippen LogP contribution in [0, 0.1) is 45.8 Å². The molecule has 0 unspecified atom stereocenters. The smallest absolute Gasteiger partial charge is 0.315 e. The molecule has 0 saturated heterocycles. The van der Waals surface area contributed by atoms with Crippen LogP contribution in [-0.4, -0.2) is 28.9 Å². The van der Waals surface area contributed by atoms with Gasteiger partial charge in [-0.3, -0.25) is 4.79 Å². The summed E-state index contributed by atoms with van der Waals surface area (Å²) < 4.78 is 0. The summed E-state index contributed by atoms with van der Waals surface area (Å²) in [6, 6.07) is 0. The van der Waals surface area contributed by atoms with Crippen LogP contribution in [0.3, 0.4) is 0 Å². The van der Waals surface area contributed by atoms with Crippen LogP contribution in [0.15, 0.2) is 11.6 Å². The molecule has 3 fully saturated rings. The Kier molecular flexibility index (Phi) is 5.96. The third kappa shape index (κ3) is 2.64. The van der Waals surface area contributed by atoms with Gasteiger partial charge >= 0.3 is 5.97 Å². The fraction of sp³-hybridized carbons (Fsp3) is 0.846. The second kappa shape index (κ2) is 7.98. The zero-order valence-corrected chi connectivity index (χ0v) is 20.1. The quantitative estimate of drug-likeness (QED) is 0.253. The Balaban J connectivity index is 1.75. The van der Waals surface area contributed by atoms with Crippen LogP contribution < -0.4 is 0 Å². The number of carboxylic acids is 1. The van der Waals surface area contributed by atoms with Crippen molar-refractivity contribution in [2.45, 2.75) is 79.1 Å². The largest absolute Gasteiger partial charge is 0.481 e. The molecule has 3 nitrogen and oxygen atoms in total. The van der Waals surface area contributed by atoms with Crippen molar-refractivity contribution in [2.75, 3.05) is 11.5 Å². The van der Waals surface area contributed by atoms with Crippen molar-refractivity contribution in [3.05, 3.63) is 11.6 Å².